The number of aryl methyl sites for hydroxylation is 1. The van der Waals surface area contributed by atoms with Crippen molar-refractivity contribution in [2.24, 2.45) is 7.05 Å². The molecule has 16 heavy (non-hydrogen) atoms. The van der Waals surface area contributed by atoms with Crippen LogP contribution in [0.4, 0.5) is 0 Å². The monoisotopic (exact) mass is 345 g/mol. The van der Waals surface area contributed by atoms with E-state index in [0.29, 0.717) is 5.56 Å². The summed E-state index contributed by atoms with van der Waals surface area (Å²) in [6, 6.07) is 1.41. The molecule has 0 saturated carbocycles. The molecular weight excluding hydrogens is 340 g/mol. The van der Waals surface area contributed by atoms with Gasteiger partial charge in [0.15, 0.2) is 5.78 Å². The molecule has 1 rings (SSSR count). The van der Waals surface area contributed by atoms with Crippen LogP contribution in [-0.4, -0.2) is 25.3 Å². The molecule has 3 nitrogen and oxygen atoms in total. The van der Waals surface area contributed by atoms with Crippen molar-refractivity contribution in [1.29, 1.82) is 0 Å². The fourth-order valence-electron chi connectivity index (χ4n) is 1.17. The van der Waals surface area contributed by atoms with Gasteiger partial charge in [0.1, 0.15) is 0 Å². The van der Waals surface area contributed by atoms with Crippen molar-refractivity contribution in [2.45, 2.75) is 3.79 Å². The minimum atomic E-state index is -2.01. The maximum atomic E-state index is 11.7. The van der Waals surface area contributed by atoms with Gasteiger partial charge in [-0.3, -0.25) is 9.59 Å². The second-order valence-corrected chi connectivity index (χ2v) is 5.95. The lowest BCUT2D eigenvalue weighted by Crippen LogP contribution is -2.21. The number of nitrogens with zero attached hydrogens (tertiary/aromatic N) is 1. The predicted octanol–water partition coefficient (Wildman–Crippen LogP) is 3.16. The van der Waals surface area contributed by atoms with Crippen LogP contribution in [-0.2, 0) is 7.05 Å². The number of ketones is 2. The molecule has 0 aliphatic rings. The molecule has 0 fully saturated rings. The molecular formula is C9H7BrCl3NO2. The lowest BCUT2D eigenvalue weighted by atomic mass is 10.2. The number of rotatable bonds is 3. The number of alkyl halides is 4. The average Bonchev–Trinajstić information content (AvgIpc) is 2.56. The van der Waals surface area contributed by atoms with E-state index in [-0.39, 0.29) is 16.8 Å². The van der Waals surface area contributed by atoms with Crippen molar-refractivity contribution in [3.8, 4) is 0 Å². The number of carbonyl (C=O) groups is 2. The van der Waals surface area contributed by atoms with Gasteiger partial charge in [-0.2, -0.15) is 0 Å². The Hall–Kier alpha value is -0.0300. The third-order valence-electron chi connectivity index (χ3n) is 1.94. The molecule has 88 valence electrons. The second kappa shape index (κ2) is 5.08. The van der Waals surface area contributed by atoms with Crippen molar-refractivity contribution in [2.75, 3.05) is 5.33 Å². The second-order valence-electron chi connectivity index (χ2n) is 3.11. The van der Waals surface area contributed by atoms with E-state index in [1.54, 1.807) is 7.05 Å². The van der Waals surface area contributed by atoms with Crippen molar-refractivity contribution in [3.05, 3.63) is 23.5 Å². The zero-order valence-electron chi connectivity index (χ0n) is 8.14. The summed E-state index contributed by atoms with van der Waals surface area (Å²) in [4.78, 5) is 23.1. The fourth-order valence-corrected chi connectivity index (χ4v) is 1.78. The normalized spacial score (nSPS) is 11.6. The van der Waals surface area contributed by atoms with Crippen LogP contribution in [0, 0.1) is 0 Å². The number of aromatic nitrogens is 1. The summed E-state index contributed by atoms with van der Waals surface area (Å²) < 4.78 is -0.555. The number of hydrogen-bond acceptors (Lipinski definition) is 2. The molecule has 0 aliphatic carbocycles. The van der Waals surface area contributed by atoms with E-state index in [1.165, 1.54) is 16.8 Å². The van der Waals surface area contributed by atoms with Gasteiger partial charge in [-0.15, -0.1) is 0 Å². The van der Waals surface area contributed by atoms with E-state index in [0.717, 1.165) is 0 Å². The molecule has 0 radical (unpaired) electrons. The maximum absolute atomic E-state index is 11.7. The Morgan fingerprint density at radius 1 is 1.44 bits per heavy atom. The smallest absolute Gasteiger partial charge is 0.255 e. The SMILES string of the molecule is Cn1cc(C(=O)CBr)cc1C(=O)C(Cl)(Cl)Cl. The Balaban J connectivity index is 3.13. The van der Waals surface area contributed by atoms with Crippen LogP contribution in [0.2, 0.25) is 0 Å². The summed E-state index contributed by atoms with van der Waals surface area (Å²) in [7, 11) is 1.61. The van der Waals surface area contributed by atoms with Crippen LogP contribution in [0.3, 0.4) is 0 Å². The third-order valence-corrected chi connectivity index (χ3v) is 2.96. The van der Waals surface area contributed by atoms with Gasteiger partial charge in [-0.25, -0.2) is 0 Å². The first kappa shape index (κ1) is 14.0. The minimum absolute atomic E-state index is 0.140. The highest BCUT2D eigenvalue weighted by molar-refractivity contribution is 9.09. The van der Waals surface area contributed by atoms with Crippen molar-refractivity contribution < 1.29 is 9.59 Å². The van der Waals surface area contributed by atoms with Gasteiger partial charge >= 0.3 is 0 Å². The summed E-state index contributed by atoms with van der Waals surface area (Å²) in [5.41, 5.74) is 0.585. The third kappa shape index (κ3) is 3.00. The zero-order chi connectivity index (χ0) is 12.5. The molecule has 0 amide bonds. The number of hydrogen-bond donors (Lipinski definition) is 0. The number of halogens is 4. The molecule has 0 N–H and O–H groups in total. The van der Waals surface area contributed by atoms with E-state index in [9.17, 15) is 9.59 Å². The lowest BCUT2D eigenvalue weighted by Gasteiger charge is -2.09. The zero-order valence-corrected chi connectivity index (χ0v) is 12.0. The highest BCUT2D eigenvalue weighted by atomic mass is 79.9. The molecule has 1 aromatic rings. The summed E-state index contributed by atoms with van der Waals surface area (Å²) in [5.74, 6) is -0.799. The van der Waals surface area contributed by atoms with Gasteiger partial charge in [0.25, 0.3) is 3.79 Å². The largest absolute Gasteiger partial charge is 0.347 e. The Bertz CT molecular complexity index is 436. The van der Waals surface area contributed by atoms with Gasteiger partial charge in [0.2, 0.25) is 5.78 Å². The van der Waals surface area contributed by atoms with E-state index < -0.39 is 9.58 Å². The predicted molar refractivity (Wildman–Crippen MR) is 68.2 cm³/mol. The van der Waals surface area contributed by atoms with E-state index in [4.69, 9.17) is 34.8 Å². The standard InChI is InChI=1S/C9H7BrCl3NO2/c1-14-4-5(7(15)3-10)2-6(14)8(16)9(11,12)13/h2,4H,3H2,1H3. The Morgan fingerprint density at radius 3 is 2.44 bits per heavy atom. The molecule has 0 spiro atoms. The highest BCUT2D eigenvalue weighted by Gasteiger charge is 2.33. The molecule has 0 saturated heterocycles. The first-order valence-corrected chi connectivity index (χ1v) is 6.40. The van der Waals surface area contributed by atoms with Crippen molar-refractivity contribution in [3.63, 3.8) is 0 Å². The van der Waals surface area contributed by atoms with Crippen LogP contribution in [0.5, 0.6) is 0 Å². The first-order valence-electron chi connectivity index (χ1n) is 4.14. The fraction of sp³-hybridized carbons (Fsp3) is 0.333. The lowest BCUT2D eigenvalue weighted by molar-refractivity contribution is 0.0988. The summed E-state index contributed by atoms with van der Waals surface area (Å²) >= 11 is 19.5. The first-order chi connectivity index (χ1) is 7.27. The molecule has 0 bridgehead atoms. The van der Waals surface area contributed by atoms with Crippen molar-refractivity contribution in [1.82, 2.24) is 4.57 Å². The Kier molecular flexibility index (Phi) is 4.46. The van der Waals surface area contributed by atoms with E-state index in [1.807, 2.05) is 0 Å². The Morgan fingerprint density at radius 2 is 2.00 bits per heavy atom. The van der Waals surface area contributed by atoms with Gasteiger partial charge < -0.3 is 4.57 Å². The summed E-state index contributed by atoms with van der Waals surface area (Å²) in [6.07, 6.45) is 1.52. The van der Waals surface area contributed by atoms with Crippen LogP contribution in [0.1, 0.15) is 20.8 Å². The molecule has 0 aliphatic heterocycles. The minimum Gasteiger partial charge on any atom is -0.347 e. The molecule has 7 heteroatoms. The van der Waals surface area contributed by atoms with Gasteiger partial charge in [0, 0.05) is 18.8 Å². The van der Waals surface area contributed by atoms with Crippen LogP contribution >= 0.6 is 50.7 Å². The van der Waals surface area contributed by atoms with Gasteiger partial charge in [-0.05, 0) is 6.07 Å². The molecule has 0 aromatic carbocycles. The number of Topliss-reactive ketones (excluding diaryl/α,β-unsaturated/α-hetero) is 2. The molecule has 1 heterocycles. The quantitative estimate of drug-likeness (QED) is 0.622. The molecule has 0 atom stereocenters. The summed E-state index contributed by atoms with van der Waals surface area (Å²) in [6.45, 7) is 0. The van der Waals surface area contributed by atoms with E-state index in [2.05, 4.69) is 15.9 Å². The summed E-state index contributed by atoms with van der Waals surface area (Å²) in [5, 5.41) is 0.179. The Labute approximate surface area is 116 Å². The van der Waals surface area contributed by atoms with Gasteiger partial charge in [-0.1, -0.05) is 50.7 Å². The van der Waals surface area contributed by atoms with E-state index >= 15 is 0 Å². The average molecular weight is 347 g/mol. The van der Waals surface area contributed by atoms with Gasteiger partial charge in [0.05, 0.1) is 11.0 Å². The van der Waals surface area contributed by atoms with Crippen LogP contribution in [0.25, 0.3) is 0 Å². The highest BCUT2D eigenvalue weighted by Crippen LogP contribution is 2.30. The topological polar surface area (TPSA) is 39.1 Å². The van der Waals surface area contributed by atoms with Crippen molar-refractivity contribution >= 4 is 62.3 Å². The molecule has 0 unspecified atom stereocenters. The van der Waals surface area contributed by atoms with Crippen LogP contribution in [0.15, 0.2) is 12.3 Å². The number of carbonyl (C=O) groups excluding carboxylic acids is 2. The van der Waals surface area contributed by atoms with Crippen LogP contribution < -0.4 is 0 Å². The maximum Gasteiger partial charge on any atom is 0.255 e. The molecule has 1 aromatic heterocycles.